The molecule has 0 amide bonds. The predicted octanol–water partition coefficient (Wildman–Crippen LogP) is 1.94. The summed E-state index contributed by atoms with van der Waals surface area (Å²) in [5.41, 5.74) is 7.90. The van der Waals surface area contributed by atoms with E-state index in [9.17, 15) is 0 Å². The van der Waals surface area contributed by atoms with Crippen LogP contribution in [0.15, 0.2) is 24.3 Å². The van der Waals surface area contributed by atoms with E-state index < -0.39 is 0 Å². The molecule has 0 radical (unpaired) electrons. The lowest BCUT2D eigenvalue weighted by molar-refractivity contribution is 0.283. The molecule has 3 rings (SSSR count). The van der Waals surface area contributed by atoms with Crippen LogP contribution in [0.25, 0.3) is 0 Å². The zero-order valence-electron chi connectivity index (χ0n) is 10.3. The topological polar surface area (TPSA) is 32.5 Å². The third kappa shape index (κ3) is 2.55. The second-order valence-corrected chi connectivity index (χ2v) is 5.20. The van der Waals surface area contributed by atoms with Crippen LogP contribution in [-0.4, -0.2) is 37.1 Å². The average molecular weight is 231 g/mol. The fraction of sp³-hybridized carbons (Fsp3) is 0.571. The highest BCUT2D eigenvalue weighted by Gasteiger charge is 2.29. The van der Waals surface area contributed by atoms with Crippen molar-refractivity contribution in [2.45, 2.75) is 25.3 Å². The minimum atomic E-state index is 0.850. The third-order valence-electron chi connectivity index (χ3n) is 3.85. The van der Waals surface area contributed by atoms with E-state index in [4.69, 9.17) is 5.73 Å². The summed E-state index contributed by atoms with van der Waals surface area (Å²) in [4.78, 5) is 5.15. The second-order valence-electron chi connectivity index (χ2n) is 5.20. The summed E-state index contributed by atoms with van der Waals surface area (Å²) >= 11 is 0. The van der Waals surface area contributed by atoms with Crippen LogP contribution >= 0.6 is 0 Å². The molecule has 3 nitrogen and oxygen atoms in total. The number of hydrogen-bond donors (Lipinski definition) is 1. The normalized spacial score (nSPS) is 22.5. The highest BCUT2D eigenvalue weighted by molar-refractivity contribution is 5.53. The van der Waals surface area contributed by atoms with Crippen molar-refractivity contribution in [3.63, 3.8) is 0 Å². The van der Waals surface area contributed by atoms with E-state index in [-0.39, 0.29) is 0 Å². The molecule has 0 spiro atoms. The zero-order valence-corrected chi connectivity index (χ0v) is 10.3. The molecule has 1 aliphatic heterocycles. The van der Waals surface area contributed by atoms with Gasteiger partial charge in [0.1, 0.15) is 0 Å². The number of anilines is 2. The minimum Gasteiger partial charge on any atom is -0.399 e. The highest BCUT2D eigenvalue weighted by atomic mass is 15.2. The van der Waals surface area contributed by atoms with Gasteiger partial charge in [-0.15, -0.1) is 0 Å². The molecule has 1 aromatic carbocycles. The Morgan fingerprint density at radius 2 is 1.71 bits per heavy atom. The molecule has 2 aliphatic rings. The maximum atomic E-state index is 5.73. The molecule has 1 aromatic rings. The van der Waals surface area contributed by atoms with Crippen LogP contribution in [0, 0.1) is 0 Å². The number of benzene rings is 1. The molecular formula is C14H21N3. The predicted molar refractivity (Wildman–Crippen MR) is 72.3 cm³/mol. The highest BCUT2D eigenvalue weighted by Crippen LogP contribution is 2.28. The summed E-state index contributed by atoms with van der Waals surface area (Å²) in [6.45, 7) is 4.82. The summed E-state index contributed by atoms with van der Waals surface area (Å²) in [5, 5.41) is 0. The Labute approximate surface area is 103 Å². The summed E-state index contributed by atoms with van der Waals surface area (Å²) in [5.74, 6) is 0. The Kier molecular flexibility index (Phi) is 2.93. The summed E-state index contributed by atoms with van der Waals surface area (Å²) in [7, 11) is 0. The molecule has 92 valence electrons. The van der Waals surface area contributed by atoms with Gasteiger partial charge in [0.15, 0.2) is 0 Å². The molecule has 0 aromatic heterocycles. The summed E-state index contributed by atoms with van der Waals surface area (Å²) in [6, 6.07) is 9.18. The maximum absolute atomic E-state index is 5.73. The van der Waals surface area contributed by atoms with Gasteiger partial charge in [-0.2, -0.15) is 0 Å². The quantitative estimate of drug-likeness (QED) is 0.790. The van der Waals surface area contributed by atoms with E-state index in [0.29, 0.717) is 0 Å². The number of nitrogens with zero attached hydrogens (tertiary/aromatic N) is 2. The smallest absolute Gasteiger partial charge is 0.0368 e. The molecule has 1 heterocycles. The molecular weight excluding hydrogens is 210 g/mol. The van der Waals surface area contributed by atoms with Gasteiger partial charge in [-0.3, -0.25) is 4.90 Å². The first-order chi connectivity index (χ1) is 8.33. The standard InChI is InChI=1S/C14H21N3/c15-12-2-4-13(5-3-12)16-8-1-9-17(11-10-16)14-6-7-14/h2-5,14H,1,6-11,15H2. The second kappa shape index (κ2) is 4.57. The van der Waals surface area contributed by atoms with Crippen molar-refractivity contribution in [2.75, 3.05) is 36.8 Å². The van der Waals surface area contributed by atoms with E-state index in [0.717, 1.165) is 18.3 Å². The van der Waals surface area contributed by atoms with Crippen LogP contribution in [0.3, 0.4) is 0 Å². The van der Waals surface area contributed by atoms with Crippen LogP contribution in [0.2, 0.25) is 0 Å². The van der Waals surface area contributed by atoms with Gasteiger partial charge in [0.05, 0.1) is 0 Å². The van der Waals surface area contributed by atoms with Gasteiger partial charge in [0.2, 0.25) is 0 Å². The van der Waals surface area contributed by atoms with Gasteiger partial charge in [-0.25, -0.2) is 0 Å². The van der Waals surface area contributed by atoms with Gasteiger partial charge in [0.25, 0.3) is 0 Å². The van der Waals surface area contributed by atoms with Crippen molar-refractivity contribution in [2.24, 2.45) is 0 Å². The Balaban J connectivity index is 1.65. The molecule has 17 heavy (non-hydrogen) atoms. The minimum absolute atomic E-state index is 0.850. The molecule has 1 aliphatic carbocycles. The van der Waals surface area contributed by atoms with Crippen LogP contribution in [-0.2, 0) is 0 Å². The first-order valence-electron chi connectivity index (χ1n) is 6.67. The summed E-state index contributed by atoms with van der Waals surface area (Å²) < 4.78 is 0. The Bertz CT molecular complexity index is 370. The van der Waals surface area contributed by atoms with E-state index in [2.05, 4.69) is 21.9 Å². The van der Waals surface area contributed by atoms with E-state index in [1.165, 1.54) is 44.6 Å². The average Bonchev–Trinajstić information content (AvgIpc) is 3.16. The zero-order chi connectivity index (χ0) is 11.7. The molecule has 1 saturated heterocycles. The van der Waals surface area contributed by atoms with Gasteiger partial charge >= 0.3 is 0 Å². The summed E-state index contributed by atoms with van der Waals surface area (Å²) in [6.07, 6.45) is 4.12. The third-order valence-corrected chi connectivity index (χ3v) is 3.85. The maximum Gasteiger partial charge on any atom is 0.0368 e. The number of rotatable bonds is 2. The fourth-order valence-corrected chi connectivity index (χ4v) is 2.69. The van der Waals surface area contributed by atoms with Crippen molar-refractivity contribution >= 4 is 11.4 Å². The lowest BCUT2D eigenvalue weighted by Crippen LogP contribution is -2.32. The first-order valence-corrected chi connectivity index (χ1v) is 6.67. The van der Waals surface area contributed by atoms with Crippen LogP contribution in [0.5, 0.6) is 0 Å². The number of nitrogen functional groups attached to an aromatic ring is 1. The molecule has 2 fully saturated rings. The first kappa shape index (κ1) is 10.9. The monoisotopic (exact) mass is 231 g/mol. The molecule has 2 N–H and O–H groups in total. The van der Waals surface area contributed by atoms with Crippen LogP contribution in [0.1, 0.15) is 19.3 Å². The SMILES string of the molecule is Nc1ccc(N2CCCN(C3CC3)CC2)cc1. The molecule has 0 bridgehead atoms. The molecule has 0 unspecified atom stereocenters. The van der Waals surface area contributed by atoms with Crippen LogP contribution < -0.4 is 10.6 Å². The largest absolute Gasteiger partial charge is 0.399 e. The molecule has 1 saturated carbocycles. The lowest BCUT2D eigenvalue weighted by Gasteiger charge is -2.23. The van der Waals surface area contributed by atoms with Crippen molar-refractivity contribution in [3.05, 3.63) is 24.3 Å². The van der Waals surface area contributed by atoms with Gasteiger partial charge in [-0.1, -0.05) is 0 Å². The van der Waals surface area contributed by atoms with E-state index in [1.807, 2.05) is 12.1 Å². The Morgan fingerprint density at radius 1 is 0.941 bits per heavy atom. The Morgan fingerprint density at radius 3 is 2.41 bits per heavy atom. The van der Waals surface area contributed by atoms with E-state index >= 15 is 0 Å². The van der Waals surface area contributed by atoms with Crippen molar-refractivity contribution < 1.29 is 0 Å². The van der Waals surface area contributed by atoms with E-state index in [1.54, 1.807) is 0 Å². The van der Waals surface area contributed by atoms with Crippen molar-refractivity contribution in [3.8, 4) is 0 Å². The van der Waals surface area contributed by atoms with Gasteiger partial charge in [0, 0.05) is 43.6 Å². The fourth-order valence-electron chi connectivity index (χ4n) is 2.69. The molecule has 0 atom stereocenters. The van der Waals surface area contributed by atoms with Gasteiger partial charge < -0.3 is 10.6 Å². The van der Waals surface area contributed by atoms with Crippen LogP contribution in [0.4, 0.5) is 11.4 Å². The van der Waals surface area contributed by atoms with Crippen molar-refractivity contribution in [1.82, 2.24) is 4.90 Å². The van der Waals surface area contributed by atoms with Crippen molar-refractivity contribution in [1.29, 1.82) is 0 Å². The Hall–Kier alpha value is -1.22. The van der Waals surface area contributed by atoms with Gasteiger partial charge in [-0.05, 0) is 43.5 Å². The lowest BCUT2D eigenvalue weighted by atomic mass is 10.2. The number of hydrogen-bond acceptors (Lipinski definition) is 3. The molecule has 3 heteroatoms. The number of nitrogens with two attached hydrogens (primary N) is 1.